The van der Waals surface area contributed by atoms with E-state index in [9.17, 15) is 4.39 Å². The normalized spacial score (nSPS) is 21.6. The first kappa shape index (κ1) is 17.2. The lowest BCUT2D eigenvalue weighted by atomic mass is 10.0. The molecule has 4 heteroatoms. The molecule has 3 aromatic carbocycles. The average Bonchev–Trinajstić information content (AvgIpc) is 2.68. The Morgan fingerprint density at radius 3 is 2.69 bits per heavy atom. The number of rotatable bonds is 4. The van der Waals surface area contributed by atoms with Crippen molar-refractivity contribution in [1.29, 1.82) is 0 Å². The third-order valence-electron chi connectivity index (χ3n) is 4.81. The molecule has 3 atom stereocenters. The van der Waals surface area contributed by atoms with E-state index < -0.39 is 6.29 Å². The van der Waals surface area contributed by atoms with Crippen LogP contribution in [0.1, 0.15) is 30.2 Å². The summed E-state index contributed by atoms with van der Waals surface area (Å²) >= 11 is 0. The molecule has 1 fully saturated rings. The smallest absolute Gasteiger partial charge is 0.177 e. The van der Waals surface area contributed by atoms with E-state index in [1.54, 1.807) is 12.1 Å². The maximum absolute atomic E-state index is 14.1. The van der Waals surface area contributed by atoms with Crippen LogP contribution in [0.15, 0.2) is 66.7 Å². The molecule has 1 heterocycles. The van der Waals surface area contributed by atoms with Gasteiger partial charge in [0.05, 0.1) is 18.8 Å². The Morgan fingerprint density at radius 2 is 1.85 bits per heavy atom. The fraction of sp³-hybridized carbons (Fsp3) is 0.273. The maximum atomic E-state index is 14.1. The van der Waals surface area contributed by atoms with Gasteiger partial charge in [-0.15, -0.1) is 0 Å². The molecule has 3 aromatic rings. The van der Waals surface area contributed by atoms with Gasteiger partial charge in [0, 0.05) is 6.54 Å². The van der Waals surface area contributed by atoms with E-state index in [1.165, 1.54) is 0 Å². The molecule has 1 aliphatic heterocycles. The molecule has 4 rings (SSSR count). The Bertz CT molecular complexity index is 884. The Balaban J connectivity index is 1.62. The van der Waals surface area contributed by atoms with E-state index >= 15 is 0 Å². The second-order valence-electron chi connectivity index (χ2n) is 6.58. The molecule has 1 aliphatic rings. The van der Waals surface area contributed by atoms with Gasteiger partial charge in [-0.25, -0.2) is 4.39 Å². The van der Waals surface area contributed by atoms with Crippen LogP contribution in [0.3, 0.4) is 0 Å². The molecular weight excluding hydrogens is 329 g/mol. The van der Waals surface area contributed by atoms with E-state index in [4.69, 9.17) is 9.47 Å². The van der Waals surface area contributed by atoms with Crippen molar-refractivity contribution in [3.05, 3.63) is 83.7 Å². The minimum absolute atomic E-state index is 0.0489. The molecule has 0 bridgehead atoms. The molecule has 1 saturated heterocycles. The number of hydrogen-bond donors (Lipinski definition) is 1. The predicted octanol–water partition coefficient (Wildman–Crippen LogP) is 4.74. The van der Waals surface area contributed by atoms with Crippen molar-refractivity contribution in [2.75, 3.05) is 13.2 Å². The van der Waals surface area contributed by atoms with Crippen LogP contribution < -0.4 is 5.32 Å². The highest BCUT2D eigenvalue weighted by molar-refractivity contribution is 5.86. The van der Waals surface area contributed by atoms with E-state index in [-0.39, 0.29) is 18.0 Å². The van der Waals surface area contributed by atoms with Gasteiger partial charge < -0.3 is 14.8 Å². The summed E-state index contributed by atoms with van der Waals surface area (Å²) in [6.45, 7) is 3.31. The highest BCUT2D eigenvalue weighted by atomic mass is 19.1. The number of ether oxygens (including phenoxy) is 2. The summed E-state index contributed by atoms with van der Waals surface area (Å²) in [5.41, 5.74) is 1.95. The molecular formula is C22H22FNO2. The summed E-state index contributed by atoms with van der Waals surface area (Å²) in [6, 6.07) is 21.0. The highest BCUT2D eigenvalue weighted by Crippen LogP contribution is 2.32. The minimum atomic E-state index is -0.428. The number of nitrogens with one attached hydrogen (secondary N) is 1. The SMILES string of the molecule is CC(OC1OCCNC1c1ccccc1)c1cc(F)cc2ccccc12. The number of hydrogen-bond acceptors (Lipinski definition) is 3. The van der Waals surface area contributed by atoms with Gasteiger partial charge in [0.1, 0.15) is 5.82 Å². The standard InChI is InChI=1S/C22H22FNO2/c1-15(20-14-18(23)13-17-9-5-6-10-19(17)20)26-22-21(24-11-12-25-22)16-7-3-2-4-8-16/h2-10,13-15,21-22,24H,11-12H2,1H3. The van der Waals surface area contributed by atoms with Crippen LogP contribution in [0.25, 0.3) is 10.8 Å². The van der Waals surface area contributed by atoms with Crippen molar-refractivity contribution >= 4 is 10.8 Å². The van der Waals surface area contributed by atoms with Gasteiger partial charge in [-0.3, -0.25) is 0 Å². The van der Waals surface area contributed by atoms with Crippen molar-refractivity contribution in [2.24, 2.45) is 0 Å². The van der Waals surface area contributed by atoms with Crippen LogP contribution in [0.2, 0.25) is 0 Å². The predicted molar refractivity (Wildman–Crippen MR) is 100 cm³/mol. The van der Waals surface area contributed by atoms with Gasteiger partial charge in [0.15, 0.2) is 6.29 Å². The molecule has 3 unspecified atom stereocenters. The zero-order chi connectivity index (χ0) is 17.9. The monoisotopic (exact) mass is 351 g/mol. The second kappa shape index (κ2) is 7.54. The number of fused-ring (bicyclic) bond motifs is 1. The molecule has 0 saturated carbocycles. The van der Waals surface area contributed by atoms with Crippen LogP contribution in [0.5, 0.6) is 0 Å². The summed E-state index contributed by atoms with van der Waals surface area (Å²) < 4.78 is 26.2. The van der Waals surface area contributed by atoms with Gasteiger partial charge in [-0.2, -0.15) is 0 Å². The van der Waals surface area contributed by atoms with Crippen molar-refractivity contribution in [3.8, 4) is 0 Å². The fourth-order valence-corrected chi connectivity index (χ4v) is 3.55. The van der Waals surface area contributed by atoms with Gasteiger partial charge in [-0.1, -0.05) is 54.6 Å². The lowest BCUT2D eigenvalue weighted by molar-refractivity contribution is -0.199. The lowest BCUT2D eigenvalue weighted by Gasteiger charge is -2.34. The van der Waals surface area contributed by atoms with Crippen LogP contribution in [-0.2, 0) is 9.47 Å². The van der Waals surface area contributed by atoms with Gasteiger partial charge in [0.2, 0.25) is 0 Å². The second-order valence-corrected chi connectivity index (χ2v) is 6.58. The Labute approximate surface area is 152 Å². The van der Waals surface area contributed by atoms with Crippen molar-refractivity contribution < 1.29 is 13.9 Å². The third-order valence-corrected chi connectivity index (χ3v) is 4.81. The highest BCUT2D eigenvalue weighted by Gasteiger charge is 2.30. The van der Waals surface area contributed by atoms with Gasteiger partial charge >= 0.3 is 0 Å². The molecule has 0 spiro atoms. The van der Waals surface area contributed by atoms with Crippen molar-refractivity contribution in [2.45, 2.75) is 25.4 Å². The maximum Gasteiger partial charge on any atom is 0.177 e. The zero-order valence-electron chi connectivity index (χ0n) is 14.7. The van der Waals surface area contributed by atoms with E-state index in [1.807, 2.05) is 49.4 Å². The molecule has 0 radical (unpaired) electrons. The molecule has 0 aromatic heterocycles. The van der Waals surface area contributed by atoms with Crippen LogP contribution in [0.4, 0.5) is 4.39 Å². The quantitative estimate of drug-likeness (QED) is 0.736. The molecule has 26 heavy (non-hydrogen) atoms. The minimum Gasteiger partial charge on any atom is -0.349 e. The number of halogens is 1. The zero-order valence-corrected chi connectivity index (χ0v) is 14.7. The summed E-state index contributed by atoms with van der Waals surface area (Å²) in [5, 5.41) is 5.34. The van der Waals surface area contributed by atoms with Crippen LogP contribution in [0, 0.1) is 5.82 Å². The Hall–Kier alpha value is -2.27. The van der Waals surface area contributed by atoms with Crippen molar-refractivity contribution in [1.82, 2.24) is 5.32 Å². The molecule has 134 valence electrons. The van der Waals surface area contributed by atoms with Crippen LogP contribution >= 0.6 is 0 Å². The third kappa shape index (κ3) is 3.49. The molecule has 3 nitrogen and oxygen atoms in total. The first-order valence-corrected chi connectivity index (χ1v) is 8.96. The molecule has 0 aliphatic carbocycles. The van der Waals surface area contributed by atoms with E-state index in [0.717, 1.165) is 28.4 Å². The number of benzene rings is 3. The van der Waals surface area contributed by atoms with Crippen molar-refractivity contribution in [3.63, 3.8) is 0 Å². The topological polar surface area (TPSA) is 30.5 Å². The Kier molecular flexibility index (Phi) is 4.98. The molecule has 0 amide bonds. The number of morpholine rings is 1. The fourth-order valence-electron chi connectivity index (χ4n) is 3.55. The van der Waals surface area contributed by atoms with E-state index in [0.29, 0.717) is 6.61 Å². The average molecular weight is 351 g/mol. The Morgan fingerprint density at radius 1 is 1.08 bits per heavy atom. The molecule has 1 N–H and O–H groups in total. The van der Waals surface area contributed by atoms with E-state index in [2.05, 4.69) is 17.4 Å². The summed E-state index contributed by atoms with van der Waals surface area (Å²) in [6.07, 6.45) is -0.727. The first-order chi connectivity index (χ1) is 12.7. The first-order valence-electron chi connectivity index (χ1n) is 8.96. The summed E-state index contributed by atoms with van der Waals surface area (Å²) in [4.78, 5) is 0. The largest absolute Gasteiger partial charge is 0.349 e. The van der Waals surface area contributed by atoms with Gasteiger partial charge in [0.25, 0.3) is 0 Å². The lowest BCUT2D eigenvalue weighted by Crippen LogP contribution is -2.43. The van der Waals surface area contributed by atoms with Crippen LogP contribution in [-0.4, -0.2) is 19.4 Å². The van der Waals surface area contributed by atoms with Gasteiger partial charge in [-0.05, 0) is 41.0 Å². The summed E-state index contributed by atoms with van der Waals surface area (Å²) in [5.74, 6) is -0.253. The summed E-state index contributed by atoms with van der Waals surface area (Å²) in [7, 11) is 0.